The molecule has 0 bridgehead atoms. The molecule has 0 fully saturated rings. The number of imide groups is 1. The van der Waals surface area contributed by atoms with E-state index in [1.165, 1.54) is 29.2 Å². The van der Waals surface area contributed by atoms with E-state index in [4.69, 9.17) is 0 Å². The zero-order valence-electron chi connectivity index (χ0n) is 18.6. The summed E-state index contributed by atoms with van der Waals surface area (Å²) in [5.41, 5.74) is 5.43. The first-order valence-corrected chi connectivity index (χ1v) is 10.6. The van der Waals surface area contributed by atoms with Gasteiger partial charge >= 0.3 is 0 Å². The number of anilines is 2. The maximum atomic E-state index is 13.5. The number of aryl methyl sites for hydroxylation is 2. The largest absolute Gasteiger partial charge is 0.350 e. The van der Waals surface area contributed by atoms with Crippen LogP contribution in [0.2, 0.25) is 0 Å². The zero-order valence-corrected chi connectivity index (χ0v) is 18.6. The van der Waals surface area contributed by atoms with Crippen molar-refractivity contribution in [3.63, 3.8) is 0 Å². The van der Waals surface area contributed by atoms with Gasteiger partial charge in [-0.2, -0.15) is 0 Å². The first kappa shape index (κ1) is 21.5. The van der Waals surface area contributed by atoms with Gasteiger partial charge in [-0.3, -0.25) is 9.59 Å². The average molecular weight is 429 g/mol. The van der Waals surface area contributed by atoms with Crippen LogP contribution < -0.4 is 10.2 Å². The smallest absolute Gasteiger partial charge is 0.282 e. The van der Waals surface area contributed by atoms with E-state index in [0.717, 1.165) is 16.7 Å². The number of rotatable bonds is 5. The van der Waals surface area contributed by atoms with E-state index in [1.54, 1.807) is 12.1 Å². The minimum atomic E-state index is -0.440. The molecule has 1 N–H and O–H groups in total. The van der Waals surface area contributed by atoms with E-state index >= 15 is 0 Å². The molecule has 0 saturated carbocycles. The van der Waals surface area contributed by atoms with Gasteiger partial charge in [-0.05, 0) is 78.4 Å². The van der Waals surface area contributed by atoms with E-state index in [1.807, 2.05) is 44.2 Å². The quantitative estimate of drug-likeness (QED) is 0.510. The van der Waals surface area contributed by atoms with Crippen LogP contribution in [0.1, 0.15) is 42.0 Å². The van der Waals surface area contributed by atoms with Crippen molar-refractivity contribution in [1.29, 1.82) is 0 Å². The van der Waals surface area contributed by atoms with E-state index in [-0.39, 0.29) is 17.4 Å². The fraction of sp³-hybridized carbons (Fsp3) is 0.185. The van der Waals surface area contributed by atoms with Gasteiger partial charge in [0.1, 0.15) is 11.5 Å². The topological polar surface area (TPSA) is 49.4 Å². The average Bonchev–Trinajstić information content (AvgIpc) is 3.01. The number of hydrogen-bond acceptors (Lipinski definition) is 3. The monoisotopic (exact) mass is 428 g/mol. The summed E-state index contributed by atoms with van der Waals surface area (Å²) in [5.74, 6) is -0.862. The highest BCUT2D eigenvalue weighted by Gasteiger charge is 2.40. The summed E-state index contributed by atoms with van der Waals surface area (Å²) in [6.07, 6.45) is 0. The molecular formula is C27H25FN2O2. The molecule has 3 aromatic carbocycles. The third-order valence-electron chi connectivity index (χ3n) is 5.81. The van der Waals surface area contributed by atoms with E-state index in [9.17, 15) is 14.0 Å². The molecule has 1 aliphatic heterocycles. The second-order valence-electron chi connectivity index (χ2n) is 8.37. The van der Waals surface area contributed by atoms with Crippen molar-refractivity contribution in [1.82, 2.24) is 0 Å². The zero-order chi connectivity index (χ0) is 23.0. The molecule has 5 heteroatoms. The van der Waals surface area contributed by atoms with Crippen molar-refractivity contribution in [3.05, 3.63) is 100 Å². The van der Waals surface area contributed by atoms with Crippen LogP contribution in [0.15, 0.2) is 72.4 Å². The number of nitrogens with one attached hydrogen (secondary N) is 1. The van der Waals surface area contributed by atoms with Gasteiger partial charge in [0.15, 0.2) is 0 Å². The molecule has 0 aliphatic carbocycles. The Morgan fingerprint density at radius 2 is 1.47 bits per heavy atom. The van der Waals surface area contributed by atoms with Crippen LogP contribution in [-0.2, 0) is 9.59 Å². The third-order valence-corrected chi connectivity index (χ3v) is 5.81. The maximum Gasteiger partial charge on any atom is 0.282 e. The molecule has 0 spiro atoms. The lowest BCUT2D eigenvalue weighted by Gasteiger charge is -2.16. The van der Waals surface area contributed by atoms with Crippen LogP contribution in [-0.4, -0.2) is 11.8 Å². The molecule has 3 aromatic rings. The summed E-state index contributed by atoms with van der Waals surface area (Å²) >= 11 is 0. The molecule has 162 valence electrons. The van der Waals surface area contributed by atoms with Crippen molar-refractivity contribution in [2.75, 3.05) is 10.2 Å². The second kappa shape index (κ2) is 8.42. The Morgan fingerprint density at radius 1 is 0.812 bits per heavy atom. The van der Waals surface area contributed by atoms with Crippen molar-refractivity contribution < 1.29 is 14.0 Å². The molecule has 1 aliphatic rings. The number of amides is 2. The number of benzene rings is 3. The number of nitrogens with zero attached hydrogens (tertiary/aromatic N) is 1. The van der Waals surface area contributed by atoms with Gasteiger partial charge in [-0.15, -0.1) is 0 Å². The summed E-state index contributed by atoms with van der Waals surface area (Å²) in [5, 5.41) is 3.06. The first-order valence-electron chi connectivity index (χ1n) is 10.6. The highest BCUT2D eigenvalue weighted by Crippen LogP contribution is 2.35. The maximum absolute atomic E-state index is 13.5. The van der Waals surface area contributed by atoms with Gasteiger partial charge in [0.25, 0.3) is 11.8 Å². The van der Waals surface area contributed by atoms with Gasteiger partial charge in [-0.25, -0.2) is 9.29 Å². The lowest BCUT2D eigenvalue weighted by Crippen LogP contribution is -2.32. The van der Waals surface area contributed by atoms with Crippen molar-refractivity contribution in [2.45, 2.75) is 33.6 Å². The Morgan fingerprint density at radius 3 is 2.06 bits per heavy atom. The van der Waals surface area contributed by atoms with Crippen LogP contribution >= 0.6 is 0 Å². The molecule has 1 heterocycles. The molecule has 4 rings (SSSR count). The minimum Gasteiger partial charge on any atom is -0.350 e. The predicted molar refractivity (Wildman–Crippen MR) is 126 cm³/mol. The van der Waals surface area contributed by atoms with Gasteiger partial charge in [0.05, 0.1) is 11.3 Å². The molecule has 32 heavy (non-hydrogen) atoms. The van der Waals surface area contributed by atoms with Crippen molar-refractivity contribution >= 4 is 28.8 Å². The van der Waals surface area contributed by atoms with Crippen LogP contribution in [0.4, 0.5) is 15.8 Å². The van der Waals surface area contributed by atoms with Crippen LogP contribution in [0.5, 0.6) is 0 Å². The molecule has 0 unspecified atom stereocenters. The van der Waals surface area contributed by atoms with E-state index < -0.39 is 5.91 Å². The minimum absolute atomic E-state index is 0.179. The normalized spacial score (nSPS) is 14.0. The number of carbonyl (C=O) groups is 2. The predicted octanol–water partition coefficient (Wildman–Crippen LogP) is 5.96. The van der Waals surface area contributed by atoms with E-state index in [0.29, 0.717) is 28.4 Å². The third kappa shape index (κ3) is 3.94. The Labute approximate surface area is 187 Å². The Balaban J connectivity index is 1.80. The Kier molecular flexibility index (Phi) is 5.66. The van der Waals surface area contributed by atoms with Crippen LogP contribution in [0.3, 0.4) is 0 Å². The van der Waals surface area contributed by atoms with Gasteiger partial charge < -0.3 is 5.32 Å². The molecule has 4 nitrogen and oxygen atoms in total. The van der Waals surface area contributed by atoms with Crippen molar-refractivity contribution in [3.8, 4) is 0 Å². The summed E-state index contributed by atoms with van der Waals surface area (Å²) in [6, 6.07) is 18.8. The molecule has 0 atom stereocenters. The molecule has 0 radical (unpaired) electrons. The fourth-order valence-corrected chi connectivity index (χ4v) is 3.73. The Hall–Kier alpha value is -3.73. The first-order chi connectivity index (χ1) is 15.3. The molecular weight excluding hydrogens is 403 g/mol. The molecule has 0 saturated heterocycles. The molecule has 2 amide bonds. The summed E-state index contributed by atoms with van der Waals surface area (Å²) in [4.78, 5) is 28.2. The second-order valence-corrected chi connectivity index (χ2v) is 8.37. The van der Waals surface area contributed by atoms with Crippen molar-refractivity contribution in [2.24, 2.45) is 0 Å². The van der Waals surface area contributed by atoms with Crippen LogP contribution in [0, 0.1) is 19.7 Å². The highest BCUT2D eigenvalue weighted by molar-refractivity contribution is 6.46. The van der Waals surface area contributed by atoms with Crippen LogP contribution in [0.25, 0.3) is 5.57 Å². The lowest BCUT2D eigenvalue weighted by molar-refractivity contribution is -0.120. The number of carbonyl (C=O) groups excluding carboxylic acids is 2. The Bertz CT molecular complexity index is 1230. The molecule has 0 aromatic heterocycles. The highest BCUT2D eigenvalue weighted by atomic mass is 19.1. The summed E-state index contributed by atoms with van der Waals surface area (Å²) in [7, 11) is 0. The fourth-order valence-electron chi connectivity index (χ4n) is 3.73. The number of halogens is 1. The number of hydrogen-bond donors (Lipinski definition) is 1. The SMILES string of the molecule is Cc1ccc(C2=C(Nc3ccc(F)cc3)C(=O)N(c3ccc(C(C)C)cc3)C2=O)cc1C. The van der Waals surface area contributed by atoms with E-state index in [2.05, 4.69) is 19.2 Å². The standard InChI is InChI=1S/C27H25FN2O2/c1-16(2)19-7-13-23(14-8-19)30-26(31)24(20-6-5-17(3)18(4)15-20)25(27(30)32)29-22-11-9-21(28)10-12-22/h5-16,29H,1-4H3. The lowest BCUT2D eigenvalue weighted by atomic mass is 9.99. The summed E-state index contributed by atoms with van der Waals surface area (Å²) in [6.45, 7) is 8.14. The summed E-state index contributed by atoms with van der Waals surface area (Å²) < 4.78 is 13.4. The van der Waals surface area contributed by atoms with Gasteiger partial charge in [0, 0.05) is 5.69 Å². The van der Waals surface area contributed by atoms with Gasteiger partial charge in [-0.1, -0.05) is 44.2 Å². The van der Waals surface area contributed by atoms with Gasteiger partial charge in [0.2, 0.25) is 0 Å².